The van der Waals surface area contributed by atoms with Crippen molar-refractivity contribution in [2.45, 2.75) is 105 Å². The Labute approximate surface area is 615 Å². The Morgan fingerprint density at radius 3 is 0.837 bits per heavy atom. The molecule has 2 heterocycles. The van der Waals surface area contributed by atoms with E-state index in [0.717, 1.165) is 39.7 Å². The molecule has 2 fully saturated rings. The predicted octanol–water partition coefficient (Wildman–Crippen LogP) is 22.6. The van der Waals surface area contributed by atoms with Gasteiger partial charge in [-0.3, -0.25) is 0 Å². The molecule has 13 rings (SSSR count). The molecule has 0 aromatic heterocycles. The van der Waals surface area contributed by atoms with Gasteiger partial charge in [0.05, 0.1) is 20.3 Å². The third-order valence-corrected chi connectivity index (χ3v) is 24.5. The topological polar surface area (TPSA) is 55.2 Å². The van der Waals surface area contributed by atoms with Crippen LogP contribution in [-0.4, -0.2) is 48.6 Å². The van der Waals surface area contributed by atoms with Crippen molar-refractivity contribution in [3.8, 4) is 6.07 Å². The van der Waals surface area contributed by atoms with E-state index in [4.69, 9.17) is 53.1 Å². The SMILES string of the molecule is C.C.CC#N.CO[PH+](OC)c1ccccc1.Cc1cc(C)c(N2[CH-]N(c3c(C)cc(C)cc3C)CC2)c(C)c1.Cc1cc(C)c(N2[CH-]N(c3c(C)cc(C)cc3C)CC2)c(C)c1.[Cl][Ru]([Cl])=[C]1C=C(c2ccccc2)c2ccccc21.[Cl][Ru]([Cl])=[C]1C=C(c2ccccc2)c2ccccc21. The van der Waals surface area contributed by atoms with Crippen LogP contribution in [0, 0.1) is 108 Å². The molecular formula is C84H97Cl4N5O2PRu2-. The first-order chi connectivity index (χ1) is 46.1. The number of allylic oxidation sites excluding steroid dienone is 2. The standard InChI is InChI=1S/2C21H27N2.2C15H10.C8H11O2P.C2H3N.2CH4.4ClH.2Ru/c2*1-14-9-16(3)20(17(4)10-14)22-7-8-23(13-22)21-18(5)11-15(2)12-19(21)6;2*1-2-6-12(7-3-1)15-11-10-13-8-4-5-9-14(13)15;1-9-11(10-2)8-6-4-3-5-7-8;1-2-3;;;;;;;;/h2*9-13H,7-8H2,1-6H3;2*1-9,11H;3-7H,1-2H3;1H3;2*1H4;4*1H;;/q2*-1;;;;;;;;;;;2*+2/p-3. The molecule has 0 unspecified atom stereocenters. The molecule has 4 aliphatic rings. The first-order valence-electron chi connectivity index (χ1n) is 31.9. The van der Waals surface area contributed by atoms with E-state index in [9.17, 15) is 0 Å². The number of hydrogen-bond acceptors (Lipinski definition) is 7. The Hall–Kier alpha value is -6.35. The van der Waals surface area contributed by atoms with Crippen LogP contribution in [0.2, 0.25) is 0 Å². The minimum absolute atomic E-state index is 0. The Morgan fingerprint density at radius 1 is 0.378 bits per heavy atom. The molecule has 0 radical (unpaired) electrons. The van der Waals surface area contributed by atoms with Crippen LogP contribution in [0.3, 0.4) is 0 Å². The van der Waals surface area contributed by atoms with E-state index in [1.807, 2.05) is 78.9 Å². The molecule has 9 aromatic carbocycles. The average molecular weight is 1580 g/mol. The average Bonchev–Trinajstić information content (AvgIpc) is 1.65. The van der Waals surface area contributed by atoms with E-state index >= 15 is 0 Å². The molecule has 98 heavy (non-hydrogen) atoms. The maximum absolute atomic E-state index is 7.32. The summed E-state index contributed by atoms with van der Waals surface area (Å²) >= 11 is -3.76. The summed E-state index contributed by atoms with van der Waals surface area (Å²) in [5.41, 5.74) is 31.4. The van der Waals surface area contributed by atoms with Crippen LogP contribution in [0.1, 0.15) is 122 Å². The maximum atomic E-state index is 7.32. The molecule has 7 nitrogen and oxygen atoms in total. The normalized spacial score (nSPS) is 13.4. The van der Waals surface area contributed by atoms with Gasteiger partial charge < -0.3 is 19.6 Å². The van der Waals surface area contributed by atoms with Gasteiger partial charge in [-0.15, -0.1) is 0 Å². The van der Waals surface area contributed by atoms with Gasteiger partial charge in [0.15, 0.2) is 5.30 Å². The van der Waals surface area contributed by atoms with Crippen LogP contribution >= 0.6 is 47.1 Å². The van der Waals surface area contributed by atoms with Gasteiger partial charge in [-0.05, 0) is 140 Å². The van der Waals surface area contributed by atoms with Gasteiger partial charge in [-0.1, -0.05) is 104 Å². The van der Waals surface area contributed by atoms with Crippen LogP contribution in [0.4, 0.5) is 22.7 Å². The third kappa shape index (κ3) is 20.4. The fourth-order valence-corrected chi connectivity index (χ4v) is 19.5. The monoisotopic (exact) mass is 1580 g/mol. The van der Waals surface area contributed by atoms with Crippen LogP contribution in [0.15, 0.2) is 200 Å². The molecule has 520 valence electrons. The van der Waals surface area contributed by atoms with Crippen molar-refractivity contribution in [1.29, 1.82) is 5.26 Å². The summed E-state index contributed by atoms with van der Waals surface area (Å²) in [4.78, 5) is 9.62. The number of fused-ring (bicyclic) bond motifs is 2. The number of benzene rings is 9. The van der Waals surface area contributed by atoms with Crippen LogP contribution in [0.25, 0.3) is 11.1 Å². The Kier molecular flexibility index (Phi) is 31.6. The minimum atomic E-state index is -1.88. The van der Waals surface area contributed by atoms with Crippen LogP contribution in [-0.2, 0) is 36.1 Å². The molecule has 2 aliphatic carbocycles. The number of nitriles is 1. The molecule has 14 heteroatoms. The fraction of sp³-hybridized carbons (Fsp3) is 0.250. The van der Waals surface area contributed by atoms with E-state index in [2.05, 4.69) is 237 Å². The quantitative estimate of drug-likeness (QED) is 0.0811. The van der Waals surface area contributed by atoms with Gasteiger partial charge in [0.1, 0.15) is 0 Å². The number of hydrogen-bond donors (Lipinski definition) is 0. The Balaban J connectivity index is 0.000000193. The second-order valence-electron chi connectivity index (χ2n) is 24.3. The summed E-state index contributed by atoms with van der Waals surface area (Å²) in [6.07, 6.45) is 4.30. The number of rotatable bonds is 9. The molecule has 9 aromatic rings. The van der Waals surface area contributed by atoms with Crippen molar-refractivity contribution < 1.29 is 36.1 Å². The zero-order chi connectivity index (χ0) is 69.3. The van der Waals surface area contributed by atoms with E-state index in [1.165, 1.54) is 141 Å². The summed E-state index contributed by atoms with van der Waals surface area (Å²) in [5.74, 6) is 0. The van der Waals surface area contributed by atoms with Crippen molar-refractivity contribution in [1.82, 2.24) is 0 Å². The Bertz CT molecular complexity index is 3880. The number of anilines is 4. The molecule has 0 spiro atoms. The molecule has 0 amide bonds. The third-order valence-electron chi connectivity index (χ3n) is 16.7. The second kappa shape index (κ2) is 38.4. The van der Waals surface area contributed by atoms with Crippen molar-refractivity contribution in [3.63, 3.8) is 0 Å². The van der Waals surface area contributed by atoms with E-state index < -0.39 is 35.4 Å². The van der Waals surface area contributed by atoms with E-state index in [1.54, 1.807) is 20.3 Å². The van der Waals surface area contributed by atoms with E-state index in [0.29, 0.717) is 0 Å². The van der Waals surface area contributed by atoms with Gasteiger partial charge in [0.2, 0.25) is 0 Å². The molecule has 2 saturated heterocycles. The fourth-order valence-electron chi connectivity index (χ4n) is 13.4. The summed E-state index contributed by atoms with van der Waals surface area (Å²) < 4.78 is 12.6. The van der Waals surface area contributed by atoms with Gasteiger partial charge in [0, 0.05) is 55.9 Å². The molecule has 0 atom stereocenters. The summed E-state index contributed by atoms with van der Waals surface area (Å²) in [7, 11) is 26.9. The first-order valence-corrected chi connectivity index (χ1v) is 43.9. The first kappa shape index (κ1) is 80.6. The van der Waals surface area contributed by atoms with Crippen molar-refractivity contribution >= 4 is 94.6 Å². The van der Waals surface area contributed by atoms with Gasteiger partial charge in [-0.25, -0.2) is 9.05 Å². The zero-order valence-electron chi connectivity index (χ0n) is 57.8. The van der Waals surface area contributed by atoms with Gasteiger partial charge >= 0.3 is 240 Å². The molecule has 0 bridgehead atoms. The number of nitrogens with zero attached hydrogens (tertiary/aromatic N) is 5. The molecule has 0 N–H and O–H groups in total. The van der Waals surface area contributed by atoms with Crippen LogP contribution in [0.5, 0.6) is 0 Å². The second-order valence-corrected chi connectivity index (χ2v) is 37.9. The molecular weight excluding hydrogens is 1490 g/mol. The summed E-state index contributed by atoms with van der Waals surface area (Å²) in [6, 6.07) is 67.3. The van der Waals surface area contributed by atoms with Crippen molar-refractivity contribution in [2.75, 3.05) is 60.0 Å². The number of aryl methyl sites for hydroxylation is 12. The summed E-state index contributed by atoms with van der Waals surface area (Å²) in [6.45, 7) is 36.6. The van der Waals surface area contributed by atoms with Crippen LogP contribution < -0.4 is 24.9 Å². The van der Waals surface area contributed by atoms with E-state index in [-0.39, 0.29) is 14.9 Å². The predicted molar refractivity (Wildman–Crippen MR) is 425 cm³/mol. The van der Waals surface area contributed by atoms with Gasteiger partial charge in [0.25, 0.3) is 8.38 Å². The Morgan fingerprint density at radius 2 is 0.602 bits per heavy atom. The molecule has 2 aliphatic heterocycles. The molecule has 0 saturated carbocycles. The van der Waals surface area contributed by atoms with Gasteiger partial charge in [-0.2, -0.15) is 18.6 Å². The zero-order valence-corrected chi connectivity index (χ0v) is 65.3. The van der Waals surface area contributed by atoms with Crippen molar-refractivity contribution in [2.24, 2.45) is 0 Å². The van der Waals surface area contributed by atoms with Crippen molar-refractivity contribution in [3.05, 3.63) is 314 Å². The summed E-state index contributed by atoms with van der Waals surface area (Å²) in [5, 5.41) is 8.46. The number of halogens is 4.